The van der Waals surface area contributed by atoms with Crippen molar-refractivity contribution < 1.29 is 9.53 Å². The molecule has 1 N–H and O–H groups in total. The van der Waals surface area contributed by atoms with E-state index < -0.39 is 0 Å². The fourth-order valence-corrected chi connectivity index (χ4v) is 2.97. The number of nitrogens with zero attached hydrogens (tertiary/aromatic N) is 1. The first-order valence-corrected chi connectivity index (χ1v) is 7.52. The Bertz CT molecular complexity index is 501. The van der Waals surface area contributed by atoms with Gasteiger partial charge in [0.1, 0.15) is 0 Å². The van der Waals surface area contributed by atoms with E-state index in [2.05, 4.69) is 11.4 Å². The number of aryl methyl sites for hydroxylation is 1. The molecule has 2 aliphatic rings. The average Bonchev–Trinajstić information content (AvgIpc) is 2.70. The second-order valence-electron chi connectivity index (χ2n) is 5.69. The highest BCUT2D eigenvalue weighted by molar-refractivity contribution is 5.95. The summed E-state index contributed by atoms with van der Waals surface area (Å²) in [5.41, 5.74) is 3.25. The van der Waals surface area contributed by atoms with Gasteiger partial charge in [-0.25, -0.2) is 0 Å². The molecule has 1 atom stereocenters. The summed E-state index contributed by atoms with van der Waals surface area (Å²) in [4.78, 5) is 14.6. The fourth-order valence-electron chi connectivity index (χ4n) is 2.97. The van der Waals surface area contributed by atoms with E-state index in [4.69, 9.17) is 4.74 Å². The predicted octanol–water partition coefficient (Wildman–Crippen LogP) is 2.30. The van der Waals surface area contributed by atoms with Crippen molar-refractivity contribution in [3.63, 3.8) is 0 Å². The smallest absolute Gasteiger partial charge is 0.253 e. The Balaban J connectivity index is 1.79. The van der Waals surface area contributed by atoms with Crippen LogP contribution in [0.25, 0.3) is 0 Å². The number of hydrogen-bond acceptors (Lipinski definition) is 3. The van der Waals surface area contributed by atoms with Crippen LogP contribution in [-0.2, 0) is 11.2 Å². The lowest BCUT2D eigenvalue weighted by Crippen LogP contribution is -2.36. The number of amides is 1. The molecule has 2 aliphatic heterocycles. The maximum Gasteiger partial charge on any atom is 0.253 e. The molecule has 0 bridgehead atoms. The Morgan fingerprint density at radius 2 is 2.30 bits per heavy atom. The predicted molar refractivity (Wildman–Crippen MR) is 79.2 cm³/mol. The molecule has 0 radical (unpaired) electrons. The molecule has 4 nitrogen and oxygen atoms in total. The lowest BCUT2D eigenvalue weighted by atomic mass is 10.0. The van der Waals surface area contributed by atoms with Crippen LogP contribution in [0.1, 0.15) is 35.7 Å². The van der Waals surface area contributed by atoms with E-state index in [1.807, 2.05) is 24.0 Å². The number of hydrogen-bond donors (Lipinski definition) is 1. The molecule has 3 rings (SSSR count). The van der Waals surface area contributed by atoms with Crippen LogP contribution in [-0.4, -0.2) is 43.2 Å². The van der Waals surface area contributed by atoms with E-state index in [-0.39, 0.29) is 12.0 Å². The maximum atomic E-state index is 12.6. The molecule has 20 heavy (non-hydrogen) atoms. The summed E-state index contributed by atoms with van der Waals surface area (Å²) in [6.07, 6.45) is 3.24. The van der Waals surface area contributed by atoms with Gasteiger partial charge < -0.3 is 15.0 Å². The van der Waals surface area contributed by atoms with Gasteiger partial charge >= 0.3 is 0 Å². The minimum atomic E-state index is 0.126. The minimum absolute atomic E-state index is 0.126. The number of benzene rings is 1. The Morgan fingerprint density at radius 3 is 3.20 bits per heavy atom. The molecule has 0 aliphatic carbocycles. The van der Waals surface area contributed by atoms with Gasteiger partial charge in [-0.1, -0.05) is 0 Å². The summed E-state index contributed by atoms with van der Waals surface area (Å²) in [6.45, 7) is 5.29. The third kappa shape index (κ3) is 2.80. The second-order valence-corrected chi connectivity index (χ2v) is 5.69. The SMILES string of the molecule is CC1CN(C(=O)c2ccc3c(c2)CCCN3)CCCO1. The molecule has 0 saturated carbocycles. The maximum absolute atomic E-state index is 12.6. The van der Waals surface area contributed by atoms with Crippen LogP contribution in [0.2, 0.25) is 0 Å². The monoisotopic (exact) mass is 274 g/mol. The highest BCUT2D eigenvalue weighted by atomic mass is 16.5. The average molecular weight is 274 g/mol. The van der Waals surface area contributed by atoms with Crippen molar-refractivity contribution in [1.29, 1.82) is 0 Å². The molecular formula is C16H22N2O2. The molecule has 1 amide bonds. The van der Waals surface area contributed by atoms with Crippen molar-refractivity contribution in [2.45, 2.75) is 32.3 Å². The van der Waals surface area contributed by atoms with Gasteiger partial charge in [-0.15, -0.1) is 0 Å². The van der Waals surface area contributed by atoms with Crippen LogP contribution in [0.3, 0.4) is 0 Å². The Morgan fingerprint density at radius 1 is 1.40 bits per heavy atom. The number of anilines is 1. The number of carbonyl (C=O) groups is 1. The number of fused-ring (bicyclic) bond motifs is 1. The highest BCUT2D eigenvalue weighted by Gasteiger charge is 2.22. The number of ether oxygens (including phenoxy) is 1. The Hall–Kier alpha value is -1.55. The molecule has 1 fully saturated rings. The normalized spacial score (nSPS) is 22.6. The molecule has 1 aromatic carbocycles. The number of nitrogens with one attached hydrogen (secondary N) is 1. The zero-order valence-electron chi connectivity index (χ0n) is 12.0. The molecule has 1 saturated heterocycles. The molecule has 1 unspecified atom stereocenters. The van der Waals surface area contributed by atoms with Crippen LogP contribution >= 0.6 is 0 Å². The quantitative estimate of drug-likeness (QED) is 0.854. The van der Waals surface area contributed by atoms with Crippen molar-refractivity contribution in [1.82, 2.24) is 4.90 Å². The lowest BCUT2D eigenvalue weighted by Gasteiger charge is -2.24. The van der Waals surface area contributed by atoms with E-state index >= 15 is 0 Å². The molecular weight excluding hydrogens is 252 g/mol. The molecule has 108 valence electrons. The molecule has 4 heteroatoms. The largest absolute Gasteiger partial charge is 0.385 e. The standard InChI is InChI=1S/C16H22N2O2/c1-12-11-18(8-3-9-20-12)16(19)14-5-6-15-13(10-14)4-2-7-17-15/h5-6,10,12,17H,2-4,7-9,11H2,1H3. The Labute approximate surface area is 120 Å². The summed E-state index contributed by atoms with van der Waals surface area (Å²) >= 11 is 0. The van der Waals surface area contributed by atoms with Crippen molar-refractivity contribution in [2.75, 3.05) is 31.6 Å². The minimum Gasteiger partial charge on any atom is -0.385 e. The third-order valence-electron chi connectivity index (χ3n) is 4.03. The van der Waals surface area contributed by atoms with E-state index in [0.29, 0.717) is 6.54 Å². The molecule has 0 spiro atoms. The number of rotatable bonds is 1. The van der Waals surface area contributed by atoms with Crippen LogP contribution in [0.4, 0.5) is 5.69 Å². The summed E-state index contributed by atoms with van der Waals surface area (Å²) in [5.74, 6) is 0.135. The van der Waals surface area contributed by atoms with E-state index in [9.17, 15) is 4.79 Å². The van der Waals surface area contributed by atoms with E-state index in [1.165, 1.54) is 11.3 Å². The van der Waals surface area contributed by atoms with Crippen molar-refractivity contribution in [2.24, 2.45) is 0 Å². The van der Waals surface area contributed by atoms with Crippen LogP contribution < -0.4 is 5.32 Å². The zero-order valence-corrected chi connectivity index (χ0v) is 12.0. The first-order valence-electron chi connectivity index (χ1n) is 7.52. The van der Waals surface area contributed by atoms with Gasteiger partial charge in [-0.05, 0) is 49.9 Å². The second kappa shape index (κ2) is 5.83. The summed E-state index contributed by atoms with van der Waals surface area (Å²) in [7, 11) is 0. The van der Waals surface area contributed by atoms with Gasteiger partial charge in [0.25, 0.3) is 5.91 Å². The Kier molecular flexibility index (Phi) is 3.92. The fraction of sp³-hybridized carbons (Fsp3) is 0.562. The van der Waals surface area contributed by atoms with Gasteiger partial charge in [-0.3, -0.25) is 4.79 Å². The zero-order chi connectivity index (χ0) is 13.9. The molecule has 2 heterocycles. The van der Waals surface area contributed by atoms with Crippen LogP contribution in [0.15, 0.2) is 18.2 Å². The summed E-state index contributed by atoms with van der Waals surface area (Å²) < 4.78 is 5.61. The van der Waals surface area contributed by atoms with Crippen LogP contribution in [0.5, 0.6) is 0 Å². The molecule has 1 aromatic rings. The van der Waals surface area contributed by atoms with Crippen molar-refractivity contribution >= 4 is 11.6 Å². The van der Waals surface area contributed by atoms with E-state index in [0.717, 1.165) is 44.5 Å². The summed E-state index contributed by atoms with van der Waals surface area (Å²) in [5, 5.41) is 3.38. The third-order valence-corrected chi connectivity index (χ3v) is 4.03. The first kappa shape index (κ1) is 13.4. The van der Waals surface area contributed by atoms with Crippen molar-refractivity contribution in [3.8, 4) is 0 Å². The van der Waals surface area contributed by atoms with Gasteiger partial charge in [0.2, 0.25) is 0 Å². The summed E-state index contributed by atoms with van der Waals surface area (Å²) in [6, 6.07) is 6.04. The topological polar surface area (TPSA) is 41.6 Å². The van der Waals surface area contributed by atoms with E-state index in [1.54, 1.807) is 0 Å². The highest BCUT2D eigenvalue weighted by Crippen LogP contribution is 2.24. The first-order chi connectivity index (χ1) is 9.74. The number of carbonyl (C=O) groups excluding carboxylic acids is 1. The van der Waals surface area contributed by atoms with Gasteiger partial charge in [0.15, 0.2) is 0 Å². The van der Waals surface area contributed by atoms with Crippen LogP contribution in [0, 0.1) is 0 Å². The van der Waals surface area contributed by atoms with Gasteiger partial charge in [0.05, 0.1) is 6.10 Å². The van der Waals surface area contributed by atoms with Gasteiger partial charge in [0, 0.05) is 37.5 Å². The molecule has 0 aromatic heterocycles. The lowest BCUT2D eigenvalue weighted by molar-refractivity contribution is 0.0562. The van der Waals surface area contributed by atoms with Crippen molar-refractivity contribution in [3.05, 3.63) is 29.3 Å². The van der Waals surface area contributed by atoms with Gasteiger partial charge in [-0.2, -0.15) is 0 Å².